The molecule has 2 heteroatoms. The van der Waals surface area contributed by atoms with Crippen molar-refractivity contribution in [1.82, 2.24) is 0 Å². The fourth-order valence-corrected chi connectivity index (χ4v) is 4.11. The first kappa shape index (κ1) is 18.6. The van der Waals surface area contributed by atoms with Gasteiger partial charge in [-0.1, -0.05) is 72.8 Å². The van der Waals surface area contributed by atoms with Gasteiger partial charge in [0.2, 0.25) is 10.5 Å². The zero-order valence-electron chi connectivity index (χ0n) is 15.7. The molecule has 0 saturated carbocycles. The lowest BCUT2D eigenvalue weighted by molar-refractivity contribution is 0.301. The maximum absolute atomic E-state index is 5.52. The van der Waals surface area contributed by atoms with Crippen LogP contribution in [0.1, 0.15) is 45.2 Å². The van der Waals surface area contributed by atoms with Crippen LogP contribution in [0, 0.1) is 20.8 Å². The standard InChI is InChI=1S/C24H25OSi/c1-17-10-4-7-13-20(17)23(16-25-26)24(21-14-8-5-11-18(21)2)22-15-9-6-12-19(22)3/h4-15,23-24H,16H2,1-3H3. The topological polar surface area (TPSA) is 9.23 Å². The van der Waals surface area contributed by atoms with Gasteiger partial charge in [0.1, 0.15) is 0 Å². The summed E-state index contributed by atoms with van der Waals surface area (Å²) in [6.45, 7) is 7.19. The summed E-state index contributed by atoms with van der Waals surface area (Å²) in [5.74, 6) is 0.450. The zero-order chi connectivity index (χ0) is 18.5. The highest BCUT2D eigenvalue weighted by molar-refractivity contribution is 5.98. The fraction of sp³-hybridized carbons (Fsp3) is 0.250. The lowest BCUT2D eigenvalue weighted by Gasteiger charge is -2.31. The Hall–Kier alpha value is -2.16. The highest BCUT2D eigenvalue weighted by atomic mass is 28.2. The van der Waals surface area contributed by atoms with Gasteiger partial charge in [-0.2, -0.15) is 0 Å². The minimum Gasteiger partial charge on any atom is -0.418 e. The third-order valence-electron chi connectivity index (χ3n) is 5.30. The molecule has 1 nitrogen and oxygen atoms in total. The monoisotopic (exact) mass is 357 g/mol. The van der Waals surface area contributed by atoms with Gasteiger partial charge in [-0.05, 0) is 54.2 Å². The Morgan fingerprint density at radius 2 is 1.04 bits per heavy atom. The van der Waals surface area contributed by atoms with Crippen molar-refractivity contribution in [2.45, 2.75) is 32.6 Å². The van der Waals surface area contributed by atoms with Gasteiger partial charge in [-0.25, -0.2) is 0 Å². The van der Waals surface area contributed by atoms with Gasteiger partial charge in [-0.3, -0.25) is 0 Å². The summed E-state index contributed by atoms with van der Waals surface area (Å²) >= 11 is 0. The summed E-state index contributed by atoms with van der Waals surface area (Å²) in [4.78, 5) is 0. The molecule has 0 fully saturated rings. The van der Waals surface area contributed by atoms with E-state index in [1.807, 2.05) is 0 Å². The molecule has 0 bridgehead atoms. The van der Waals surface area contributed by atoms with Crippen LogP contribution in [0.3, 0.4) is 0 Å². The minimum atomic E-state index is 0.218. The molecule has 0 aromatic heterocycles. The van der Waals surface area contributed by atoms with Gasteiger partial charge in [0.05, 0.1) is 0 Å². The normalized spacial score (nSPS) is 12.3. The fourth-order valence-electron chi connectivity index (χ4n) is 3.93. The van der Waals surface area contributed by atoms with Crippen LogP contribution in [0.4, 0.5) is 0 Å². The molecule has 26 heavy (non-hydrogen) atoms. The molecule has 3 radical (unpaired) electrons. The van der Waals surface area contributed by atoms with Crippen LogP contribution in [0.2, 0.25) is 0 Å². The van der Waals surface area contributed by atoms with Crippen molar-refractivity contribution in [2.24, 2.45) is 0 Å². The van der Waals surface area contributed by atoms with Crippen LogP contribution in [-0.2, 0) is 4.43 Å². The molecule has 0 heterocycles. The second-order valence-corrected chi connectivity index (χ2v) is 7.25. The largest absolute Gasteiger partial charge is 0.418 e. The number of benzene rings is 3. The molecular formula is C24H25OSi. The van der Waals surface area contributed by atoms with Crippen molar-refractivity contribution in [3.05, 3.63) is 106 Å². The Morgan fingerprint density at radius 1 is 0.654 bits per heavy atom. The maximum Gasteiger partial charge on any atom is 0.246 e. The first-order valence-electron chi connectivity index (χ1n) is 9.08. The van der Waals surface area contributed by atoms with E-state index in [9.17, 15) is 0 Å². The van der Waals surface area contributed by atoms with Crippen molar-refractivity contribution < 1.29 is 4.43 Å². The predicted octanol–water partition coefficient (Wildman–Crippen LogP) is 5.63. The third-order valence-corrected chi connectivity index (χ3v) is 5.47. The average molecular weight is 358 g/mol. The van der Waals surface area contributed by atoms with Crippen molar-refractivity contribution in [3.8, 4) is 0 Å². The van der Waals surface area contributed by atoms with Gasteiger partial charge >= 0.3 is 0 Å². The summed E-state index contributed by atoms with van der Waals surface area (Å²) in [5.41, 5.74) is 7.98. The van der Waals surface area contributed by atoms with E-state index in [4.69, 9.17) is 4.43 Å². The van der Waals surface area contributed by atoms with Crippen LogP contribution in [0.15, 0.2) is 72.8 Å². The van der Waals surface area contributed by atoms with E-state index in [1.165, 1.54) is 33.4 Å². The summed E-state index contributed by atoms with van der Waals surface area (Å²) in [6, 6.07) is 26.0. The van der Waals surface area contributed by atoms with Crippen LogP contribution in [-0.4, -0.2) is 17.1 Å². The molecule has 0 N–H and O–H groups in total. The Kier molecular flexibility index (Phi) is 6.07. The van der Waals surface area contributed by atoms with E-state index in [1.54, 1.807) is 0 Å². The van der Waals surface area contributed by atoms with Gasteiger partial charge in [0.15, 0.2) is 0 Å². The number of hydrogen-bond acceptors (Lipinski definition) is 1. The predicted molar refractivity (Wildman–Crippen MR) is 110 cm³/mol. The first-order chi connectivity index (χ1) is 12.6. The van der Waals surface area contributed by atoms with Crippen LogP contribution in [0.5, 0.6) is 0 Å². The van der Waals surface area contributed by atoms with Gasteiger partial charge in [-0.15, -0.1) is 0 Å². The zero-order valence-corrected chi connectivity index (χ0v) is 16.7. The Morgan fingerprint density at radius 3 is 1.42 bits per heavy atom. The van der Waals surface area contributed by atoms with Gasteiger partial charge in [0, 0.05) is 18.4 Å². The molecule has 0 spiro atoms. The molecule has 0 amide bonds. The lowest BCUT2D eigenvalue weighted by Crippen LogP contribution is -2.20. The minimum absolute atomic E-state index is 0.218. The van der Waals surface area contributed by atoms with E-state index >= 15 is 0 Å². The van der Waals surface area contributed by atoms with E-state index in [0.717, 1.165) is 0 Å². The number of hydrogen-bond donors (Lipinski definition) is 0. The Bertz CT molecular complexity index is 826. The van der Waals surface area contributed by atoms with Crippen LogP contribution in [0.25, 0.3) is 0 Å². The van der Waals surface area contributed by atoms with Gasteiger partial charge in [0.25, 0.3) is 0 Å². The van der Waals surface area contributed by atoms with Crippen molar-refractivity contribution >= 4 is 10.5 Å². The second-order valence-electron chi connectivity index (χ2n) is 6.96. The molecule has 1 unspecified atom stereocenters. The van der Waals surface area contributed by atoms with E-state index in [0.29, 0.717) is 6.61 Å². The van der Waals surface area contributed by atoms with Crippen molar-refractivity contribution in [2.75, 3.05) is 6.61 Å². The summed E-state index contributed by atoms with van der Waals surface area (Å²) in [6.07, 6.45) is 0. The van der Waals surface area contributed by atoms with Crippen LogP contribution >= 0.6 is 0 Å². The number of rotatable bonds is 6. The highest BCUT2D eigenvalue weighted by Gasteiger charge is 2.29. The Labute approximate surface area is 160 Å². The summed E-state index contributed by atoms with van der Waals surface area (Å²) in [7, 11) is 3.27. The average Bonchev–Trinajstić information content (AvgIpc) is 2.64. The van der Waals surface area contributed by atoms with Crippen molar-refractivity contribution in [1.29, 1.82) is 0 Å². The molecule has 3 aromatic rings. The second kappa shape index (κ2) is 8.48. The van der Waals surface area contributed by atoms with E-state index in [-0.39, 0.29) is 11.8 Å². The lowest BCUT2D eigenvalue weighted by atomic mass is 9.74. The molecular weight excluding hydrogens is 332 g/mol. The highest BCUT2D eigenvalue weighted by Crippen LogP contribution is 2.42. The molecule has 0 aliphatic rings. The molecule has 131 valence electrons. The SMILES string of the molecule is Cc1ccccc1C(CO[Si])C(c1ccccc1C)c1ccccc1C. The molecule has 0 saturated heterocycles. The maximum atomic E-state index is 5.52. The summed E-state index contributed by atoms with van der Waals surface area (Å²) < 4.78 is 5.52. The molecule has 3 aromatic carbocycles. The molecule has 3 rings (SSSR count). The molecule has 1 atom stereocenters. The van der Waals surface area contributed by atoms with E-state index in [2.05, 4.69) is 104 Å². The Balaban J connectivity index is 2.23. The van der Waals surface area contributed by atoms with Crippen LogP contribution < -0.4 is 0 Å². The van der Waals surface area contributed by atoms with E-state index < -0.39 is 0 Å². The first-order valence-corrected chi connectivity index (χ1v) is 9.49. The van der Waals surface area contributed by atoms with Crippen molar-refractivity contribution in [3.63, 3.8) is 0 Å². The third kappa shape index (κ3) is 3.82. The smallest absolute Gasteiger partial charge is 0.246 e. The van der Waals surface area contributed by atoms with Gasteiger partial charge < -0.3 is 4.43 Å². The molecule has 0 aliphatic heterocycles. The number of aryl methyl sites for hydroxylation is 3. The summed E-state index contributed by atoms with van der Waals surface area (Å²) in [5, 5.41) is 0. The quantitative estimate of drug-likeness (QED) is 0.520. The molecule has 0 aliphatic carbocycles.